The molecule has 0 saturated heterocycles. The lowest BCUT2D eigenvalue weighted by molar-refractivity contribution is -0.136. The minimum absolute atomic E-state index is 0.121. The number of Topliss-reactive ketones (excluding diaryl/α,β-unsaturated/α-hetero) is 1. The summed E-state index contributed by atoms with van der Waals surface area (Å²) in [5.74, 6) is 0.460. The lowest BCUT2D eigenvalue weighted by atomic mass is 9.51. The quantitative estimate of drug-likeness (QED) is 0.676. The van der Waals surface area contributed by atoms with Gasteiger partial charge in [0.15, 0.2) is 0 Å². The van der Waals surface area contributed by atoms with Crippen molar-refractivity contribution in [1.82, 2.24) is 0 Å². The first-order valence-corrected chi connectivity index (χ1v) is 7.14. The Labute approximate surface area is 101 Å². The molecule has 0 unspecified atom stereocenters. The Morgan fingerprint density at radius 1 is 1.00 bits per heavy atom. The molecule has 94 valence electrons. The molecule has 0 aromatic carbocycles. The highest BCUT2D eigenvalue weighted by atomic mass is 16.1. The van der Waals surface area contributed by atoms with Crippen LogP contribution in [0, 0.1) is 10.8 Å². The van der Waals surface area contributed by atoms with E-state index < -0.39 is 0 Å². The van der Waals surface area contributed by atoms with Gasteiger partial charge in [-0.2, -0.15) is 0 Å². The van der Waals surface area contributed by atoms with Crippen molar-refractivity contribution in [3.8, 4) is 0 Å². The zero-order valence-electron chi connectivity index (χ0n) is 11.6. The van der Waals surface area contributed by atoms with Gasteiger partial charge in [0, 0.05) is 5.41 Å². The zero-order chi connectivity index (χ0) is 12.2. The van der Waals surface area contributed by atoms with Crippen LogP contribution in [0.5, 0.6) is 0 Å². The van der Waals surface area contributed by atoms with Crippen molar-refractivity contribution in [2.24, 2.45) is 10.8 Å². The lowest BCUT2D eigenvalue weighted by Crippen LogP contribution is -2.45. The molecular weight excluding hydrogens is 196 g/mol. The molecule has 3 rings (SSSR count). The largest absolute Gasteiger partial charge is 0.299 e. The van der Waals surface area contributed by atoms with Gasteiger partial charge < -0.3 is 0 Å². The summed E-state index contributed by atoms with van der Waals surface area (Å²) in [4.78, 5) is 11.6. The lowest BCUT2D eigenvalue weighted by Gasteiger charge is -2.52. The second-order valence-electron chi connectivity index (χ2n) is 5.59. The molecule has 3 aliphatic rings. The number of carbonyl (C=O) groups is 1. The molecule has 3 aliphatic carbocycles. The molecule has 0 amide bonds. The summed E-state index contributed by atoms with van der Waals surface area (Å²) < 4.78 is 0. The van der Waals surface area contributed by atoms with E-state index in [1.807, 2.05) is 13.8 Å². The van der Waals surface area contributed by atoms with Gasteiger partial charge in [-0.1, -0.05) is 27.2 Å². The van der Waals surface area contributed by atoms with E-state index in [4.69, 9.17) is 0 Å². The van der Waals surface area contributed by atoms with E-state index in [2.05, 4.69) is 6.92 Å². The fourth-order valence-electron chi connectivity index (χ4n) is 3.70. The average molecular weight is 224 g/mol. The summed E-state index contributed by atoms with van der Waals surface area (Å²) in [7, 11) is 0. The second kappa shape index (κ2) is 5.33. The Kier molecular flexibility index (Phi) is 4.58. The Bertz CT molecular complexity index is 217. The van der Waals surface area contributed by atoms with Crippen LogP contribution in [0.25, 0.3) is 0 Å². The molecule has 16 heavy (non-hydrogen) atoms. The van der Waals surface area contributed by atoms with E-state index in [1.54, 1.807) is 6.92 Å². The van der Waals surface area contributed by atoms with Gasteiger partial charge in [0.2, 0.25) is 0 Å². The van der Waals surface area contributed by atoms with Crippen LogP contribution in [0.4, 0.5) is 0 Å². The predicted molar refractivity (Wildman–Crippen MR) is 69.5 cm³/mol. The molecule has 3 fully saturated rings. The molecule has 1 nitrogen and oxygen atoms in total. The minimum atomic E-state index is 0.121. The third-order valence-electron chi connectivity index (χ3n) is 4.93. The van der Waals surface area contributed by atoms with Crippen LogP contribution in [-0.2, 0) is 4.79 Å². The van der Waals surface area contributed by atoms with E-state index in [0.29, 0.717) is 11.2 Å². The fourth-order valence-corrected chi connectivity index (χ4v) is 3.70. The smallest absolute Gasteiger partial charge is 0.135 e. The second-order valence-corrected chi connectivity index (χ2v) is 5.59. The summed E-state index contributed by atoms with van der Waals surface area (Å²) >= 11 is 0. The van der Waals surface area contributed by atoms with Crippen molar-refractivity contribution in [2.45, 2.75) is 79.1 Å². The fraction of sp³-hybridized carbons (Fsp3) is 0.933. The van der Waals surface area contributed by atoms with Crippen molar-refractivity contribution in [2.75, 3.05) is 0 Å². The van der Waals surface area contributed by atoms with Crippen molar-refractivity contribution < 1.29 is 4.79 Å². The van der Waals surface area contributed by atoms with Crippen LogP contribution >= 0.6 is 0 Å². The summed E-state index contributed by atoms with van der Waals surface area (Å²) in [5.41, 5.74) is 0.765. The van der Waals surface area contributed by atoms with Crippen molar-refractivity contribution in [1.29, 1.82) is 0 Å². The number of carbonyl (C=O) groups excluding carboxylic acids is 1. The third kappa shape index (κ3) is 2.33. The first kappa shape index (κ1) is 13.7. The van der Waals surface area contributed by atoms with Crippen LogP contribution in [0.1, 0.15) is 79.1 Å². The van der Waals surface area contributed by atoms with Crippen molar-refractivity contribution in [3.63, 3.8) is 0 Å². The van der Waals surface area contributed by atoms with Crippen LogP contribution in [0.2, 0.25) is 0 Å². The summed E-state index contributed by atoms with van der Waals surface area (Å²) in [6, 6.07) is 0. The molecule has 0 N–H and O–H groups in total. The standard InChI is InChI=1S/C13H22O.C2H6/c1-3-4-12-5-8-13(9-6-12,10-7-12)11(2)14;1-2/h3-10H2,1-2H3;1-2H3. The van der Waals surface area contributed by atoms with Crippen LogP contribution in [-0.4, -0.2) is 5.78 Å². The number of ketones is 1. The normalized spacial score (nSPS) is 36.5. The molecule has 0 spiro atoms. The maximum Gasteiger partial charge on any atom is 0.135 e. The molecule has 0 aliphatic heterocycles. The first-order chi connectivity index (χ1) is 7.63. The molecule has 0 heterocycles. The van der Waals surface area contributed by atoms with E-state index in [-0.39, 0.29) is 5.41 Å². The highest BCUT2D eigenvalue weighted by molar-refractivity contribution is 5.82. The first-order valence-electron chi connectivity index (χ1n) is 7.14. The van der Waals surface area contributed by atoms with E-state index in [9.17, 15) is 4.79 Å². The minimum Gasteiger partial charge on any atom is -0.299 e. The molecule has 0 atom stereocenters. The average Bonchev–Trinajstić information content (AvgIpc) is 2.34. The molecule has 2 bridgehead atoms. The molecular formula is C15H28O. The molecule has 0 radical (unpaired) electrons. The zero-order valence-corrected chi connectivity index (χ0v) is 11.6. The molecule has 1 heteroatoms. The van der Waals surface area contributed by atoms with Gasteiger partial charge in [-0.05, 0) is 57.3 Å². The summed E-state index contributed by atoms with van der Waals surface area (Å²) in [6.45, 7) is 8.09. The Morgan fingerprint density at radius 2 is 1.44 bits per heavy atom. The summed E-state index contributed by atoms with van der Waals surface area (Å²) in [6.07, 6.45) is 10.2. The molecule has 0 aromatic rings. The van der Waals surface area contributed by atoms with Gasteiger partial charge in [-0.3, -0.25) is 4.79 Å². The van der Waals surface area contributed by atoms with Crippen molar-refractivity contribution in [3.05, 3.63) is 0 Å². The van der Waals surface area contributed by atoms with Crippen LogP contribution in [0.3, 0.4) is 0 Å². The molecule has 0 aromatic heterocycles. The maximum absolute atomic E-state index is 11.6. The van der Waals surface area contributed by atoms with Gasteiger partial charge in [0.05, 0.1) is 0 Å². The topological polar surface area (TPSA) is 17.1 Å². The molecule has 3 saturated carbocycles. The van der Waals surface area contributed by atoms with E-state index >= 15 is 0 Å². The number of fused-ring (bicyclic) bond motifs is 3. The number of rotatable bonds is 3. The van der Waals surface area contributed by atoms with E-state index in [1.165, 1.54) is 51.4 Å². The predicted octanol–water partition coefficient (Wildman–Crippen LogP) is 4.74. The Morgan fingerprint density at radius 3 is 1.75 bits per heavy atom. The highest BCUT2D eigenvalue weighted by Crippen LogP contribution is 2.58. The van der Waals surface area contributed by atoms with Crippen LogP contribution < -0.4 is 0 Å². The van der Waals surface area contributed by atoms with Gasteiger partial charge in [-0.25, -0.2) is 0 Å². The van der Waals surface area contributed by atoms with Gasteiger partial charge in [-0.15, -0.1) is 0 Å². The maximum atomic E-state index is 11.6. The monoisotopic (exact) mass is 224 g/mol. The highest BCUT2D eigenvalue weighted by Gasteiger charge is 2.50. The Hall–Kier alpha value is -0.330. The Balaban J connectivity index is 0.000000606. The number of hydrogen-bond donors (Lipinski definition) is 0. The summed E-state index contributed by atoms with van der Waals surface area (Å²) in [5, 5.41) is 0. The number of hydrogen-bond acceptors (Lipinski definition) is 1. The van der Waals surface area contributed by atoms with E-state index in [0.717, 1.165) is 0 Å². The van der Waals surface area contributed by atoms with Crippen molar-refractivity contribution >= 4 is 5.78 Å². The SMILES string of the molecule is CC.CCCC12CCC(C(C)=O)(CC1)CC2. The van der Waals surface area contributed by atoms with Crippen LogP contribution in [0.15, 0.2) is 0 Å². The third-order valence-corrected chi connectivity index (χ3v) is 4.93. The van der Waals surface area contributed by atoms with Gasteiger partial charge in [0.25, 0.3) is 0 Å². The van der Waals surface area contributed by atoms with Gasteiger partial charge in [0.1, 0.15) is 5.78 Å². The van der Waals surface area contributed by atoms with Gasteiger partial charge >= 0.3 is 0 Å².